The fourth-order valence-corrected chi connectivity index (χ4v) is 2.22. The molecule has 0 aliphatic heterocycles. The van der Waals surface area contributed by atoms with Crippen LogP contribution >= 0.6 is 11.3 Å². The summed E-state index contributed by atoms with van der Waals surface area (Å²) in [6.45, 7) is 0. The van der Waals surface area contributed by atoms with Gasteiger partial charge in [0.05, 0.1) is 0 Å². The Morgan fingerprint density at radius 2 is 2.27 bits per heavy atom. The Bertz CT molecular complexity index is 302. The van der Waals surface area contributed by atoms with Gasteiger partial charge in [-0.1, -0.05) is 19.3 Å². The first-order chi connectivity index (χ1) is 6.86. The summed E-state index contributed by atoms with van der Waals surface area (Å²) in [6, 6.07) is 0. The van der Waals surface area contributed by atoms with Gasteiger partial charge in [0.1, 0.15) is 0 Å². The number of thiazole rings is 1. The summed E-state index contributed by atoms with van der Waals surface area (Å²) in [4.78, 5) is 8.27. The minimum Gasteiger partial charge on any atom is -0.851 e. The Kier molecular flexibility index (Phi) is 5.55. The van der Waals surface area contributed by atoms with Crippen molar-refractivity contribution in [2.45, 2.75) is 31.8 Å². The molecular weight excluding hydrogens is 203 g/mol. The van der Waals surface area contributed by atoms with Crippen molar-refractivity contribution in [3.63, 3.8) is 0 Å². The van der Waals surface area contributed by atoms with Crippen LogP contribution in [0.1, 0.15) is 25.7 Å². The van der Waals surface area contributed by atoms with Crippen LogP contribution < -0.4 is 24.0 Å². The first-order valence-electron chi connectivity index (χ1n) is 4.96. The van der Waals surface area contributed by atoms with Crippen molar-refractivity contribution < 1.29 is 24.0 Å². The Balaban J connectivity index is 0.00000112. The summed E-state index contributed by atoms with van der Waals surface area (Å²) in [5.74, 6) is 0.118. The van der Waals surface area contributed by atoms with Crippen LogP contribution in [0.25, 0.3) is 0 Å². The molecule has 0 spiro atoms. The van der Waals surface area contributed by atoms with E-state index in [1.54, 1.807) is 12.4 Å². The molecule has 1 fully saturated rings. The molecule has 1 aromatic rings. The van der Waals surface area contributed by atoms with Crippen molar-refractivity contribution in [1.82, 2.24) is 4.98 Å². The van der Waals surface area contributed by atoms with Crippen LogP contribution in [0, 0.1) is 5.92 Å². The molecule has 1 aliphatic carbocycles. The molecule has 15 heavy (non-hydrogen) atoms. The molecule has 3 nitrogen and oxygen atoms in total. The average Bonchev–Trinajstić information content (AvgIpc) is 2.69. The quantitative estimate of drug-likeness (QED) is 0.459. The van der Waals surface area contributed by atoms with Crippen molar-refractivity contribution in [2.24, 2.45) is 10.9 Å². The van der Waals surface area contributed by atoms with Crippen LogP contribution in [-0.2, 0) is 0 Å². The van der Waals surface area contributed by atoms with E-state index in [1.807, 2.05) is 5.38 Å². The molecule has 1 aromatic heterocycles. The van der Waals surface area contributed by atoms with Crippen molar-refractivity contribution in [1.29, 1.82) is 0 Å². The van der Waals surface area contributed by atoms with Gasteiger partial charge >= 0.3 is 18.9 Å². The average molecular weight is 216 g/mol. The van der Waals surface area contributed by atoms with E-state index in [4.69, 9.17) is 0 Å². The van der Waals surface area contributed by atoms with Gasteiger partial charge in [0.15, 0.2) is 0 Å². The van der Waals surface area contributed by atoms with E-state index < -0.39 is 6.10 Å². The van der Waals surface area contributed by atoms with E-state index in [9.17, 15) is 5.11 Å². The monoisotopic (exact) mass is 216 g/mol. The van der Waals surface area contributed by atoms with Crippen LogP contribution in [0.3, 0.4) is 0 Å². The summed E-state index contributed by atoms with van der Waals surface area (Å²) in [6.07, 6.45) is 7.11. The fourth-order valence-electron chi connectivity index (χ4n) is 1.74. The number of aliphatic imine (C=N–C) groups is 1. The van der Waals surface area contributed by atoms with Crippen LogP contribution in [0.4, 0.5) is 5.13 Å². The zero-order chi connectivity index (χ0) is 9.80. The van der Waals surface area contributed by atoms with E-state index in [0.717, 1.165) is 30.8 Å². The molecule has 76 valence electrons. The molecule has 1 saturated carbocycles. The molecule has 0 bridgehead atoms. The molecule has 0 amide bonds. The Labute approximate surface area is 106 Å². The van der Waals surface area contributed by atoms with Crippen molar-refractivity contribution in [3.8, 4) is 0 Å². The Morgan fingerprint density at radius 3 is 2.93 bits per heavy atom. The normalized spacial score (nSPS) is 26.5. The first-order valence-corrected chi connectivity index (χ1v) is 5.84. The molecule has 2 atom stereocenters. The third-order valence-corrected chi connectivity index (χ3v) is 3.23. The maximum Gasteiger partial charge on any atom is 1.00 e. The molecule has 0 saturated heterocycles. The smallest absolute Gasteiger partial charge is 0.851 e. The maximum atomic E-state index is 11.5. The molecule has 2 unspecified atom stereocenters. The number of hydrogen-bond acceptors (Lipinski definition) is 4. The number of hydrogen-bond donors (Lipinski definition) is 0. The van der Waals surface area contributed by atoms with E-state index >= 15 is 0 Å². The van der Waals surface area contributed by atoms with Crippen molar-refractivity contribution >= 4 is 22.7 Å². The van der Waals surface area contributed by atoms with Crippen LogP contribution in [0.5, 0.6) is 0 Å². The van der Waals surface area contributed by atoms with E-state index in [2.05, 4.69) is 9.98 Å². The number of nitrogens with zero attached hydrogens (tertiary/aromatic N) is 2. The molecule has 0 radical (unpaired) electrons. The van der Waals surface area contributed by atoms with Gasteiger partial charge in [-0.2, -0.15) is 0 Å². The third-order valence-electron chi connectivity index (χ3n) is 2.55. The maximum absolute atomic E-state index is 11.5. The first kappa shape index (κ1) is 12.9. The van der Waals surface area contributed by atoms with Crippen molar-refractivity contribution in [3.05, 3.63) is 11.6 Å². The van der Waals surface area contributed by atoms with E-state index in [-0.39, 0.29) is 24.8 Å². The molecule has 0 aromatic carbocycles. The zero-order valence-corrected chi connectivity index (χ0v) is 9.74. The molecule has 0 N–H and O–H groups in total. The molecule has 2 rings (SSSR count). The molecular formula is C10H13LiN2OS. The fraction of sp³-hybridized carbons (Fsp3) is 0.600. The summed E-state index contributed by atoms with van der Waals surface area (Å²) < 4.78 is 0. The van der Waals surface area contributed by atoms with Crippen LogP contribution in [0.15, 0.2) is 16.6 Å². The Hall–Kier alpha value is -0.143. The van der Waals surface area contributed by atoms with Crippen molar-refractivity contribution in [2.75, 3.05) is 0 Å². The van der Waals surface area contributed by atoms with Gasteiger partial charge in [-0.25, -0.2) is 9.98 Å². The van der Waals surface area contributed by atoms with Gasteiger partial charge in [0.25, 0.3) is 0 Å². The van der Waals surface area contributed by atoms with Gasteiger partial charge in [0, 0.05) is 17.8 Å². The minimum atomic E-state index is -0.451. The van der Waals surface area contributed by atoms with E-state index in [0.29, 0.717) is 0 Å². The second kappa shape index (κ2) is 6.44. The molecule has 1 heterocycles. The third kappa shape index (κ3) is 3.73. The van der Waals surface area contributed by atoms with Crippen LogP contribution in [0.2, 0.25) is 0 Å². The predicted octanol–water partition coefficient (Wildman–Crippen LogP) is -1.23. The largest absolute Gasteiger partial charge is 1.00 e. The summed E-state index contributed by atoms with van der Waals surface area (Å²) >= 11 is 1.50. The summed E-state index contributed by atoms with van der Waals surface area (Å²) in [7, 11) is 0. The van der Waals surface area contributed by atoms with Gasteiger partial charge in [-0.15, -0.1) is 17.4 Å². The zero-order valence-electron chi connectivity index (χ0n) is 8.93. The number of rotatable bonds is 2. The predicted molar refractivity (Wildman–Crippen MR) is 56.0 cm³/mol. The number of aromatic nitrogens is 1. The topological polar surface area (TPSA) is 48.3 Å². The van der Waals surface area contributed by atoms with Gasteiger partial charge < -0.3 is 5.11 Å². The summed E-state index contributed by atoms with van der Waals surface area (Å²) in [5, 5.41) is 14.2. The standard InChI is InChI=1S/C10H13N2OS.Li/c13-9-4-2-1-3-8(9)7-12-10-11-5-6-14-10;/h5-9H,1-4H2;/q-1;+1. The SMILES string of the molecule is [Li+].[O-]C1CCCCC1C=Nc1nccs1. The Morgan fingerprint density at radius 1 is 1.47 bits per heavy atom. The van der Waals surface area contributed by atoms with Gasteiger partial charge in [0.2, 0.25) is 5.13 Å². The van der Waals surface area contributed by atoms with Gasteiger partial charge in [-0.05, 0) is 12.3 Å². The second-order valence-corrected chi connectivity index (χ2v) is 4.45. The second-order valence-electron chi connectivity index (χ2n) is 3.58. The van der Waals surface area contributed by atoms with Crippen LogP contribution in [-0.4, -0.2) is 17.3 Å². The minimum absolute atomic E-state index is 0. The molecule has 1 aliphatic rings. The molecule has 5 heteroatoms. The van der Waals surface area contributed by atoms with E-state index in [1.165, 1.54) is 11.3 Å². The van der Waals surface area contributed by atoms with Gasteiger partial charge in [-0.3, -0.25) is 0 Å². The summed E-state index contributed by atoms with van der Waals surface area (Å²) in [5.41, 5.74) is 0.